The second kappa shape index (κ2) is 6.65. The molecule has 0 aliphatic carbocycles. The third-order valence-electron chi connectivity index (χ3n) is 3.90. The van der Waals surface area contributed by atoms with Crippen LogP contribution in [0.2, 0.25) is 0 Å². The van der Waals surface area contributed by atoms with Gasteiger partial charge in [-0.1, -0.05) is 12.1 Å². The highest BCUT2D eigenvalue weighted by atomic mass is 19.2. The van der Waals surface area contributed by atoms with Crippen molar-refractivity contribution in [2.75, 3.05) is 13.1 Å². The molecule has 3 rings (SSSR count). The third-order valence-corrected chi connectivity index (χ3v) is 3.90. The summed E-state index contributed by atoms with van der Waals surface area (Å²) in [5, 5.41) is 15.3. The van der Waals surface area contributed by atoms with Crippen molar-refractivity contribution in [3.05, 3.63) is 29.3 Å². The molecule has 1 aromatic carbocycles. The van der Waals surface area contributed by atoms with Crippen LogP contribution in [0.15, 0.2) is 10.6 Å². The Hall–Kier alpha value is -3.11. The molecule has 2 amide bonds. The molecular formula is C15H13F3N4O4. The van der Waals surface area contributed by atoms with E-state index >= 15 is 0 Å². The fourth-order valence-corrected chi connectivity index (χ4v) is 2.52. The molecule has 0 bridgehead atoms. The normalized spacial score (nSPS) is 17.3. The number of nitrogens with zero attached hydrogens (tertiary/aromatic N) is 3. The molecule has 1 atom stereocenters. The number of hydrogen-bond donors (Lipinski definition) is 2. The summed E-state index contributed by atoms with van der Waals surface area (Å²) in [6, 6.07) is 0.195. The summed E-state index contributed by atoms with van der Waals surface area (Å²) in [4.78, 5) is 28.9. The minimum absolute atomic E-state index is 0.209. The number of carbonyl (C=O) groups is 2. The van der Waals surface area contributed by atoms with Gasteiger partial charge in [0.25, 0.3) is 17.6 Å². The van der Waals surface area contributed by atoms with Gasteiger partial charge in [-0.05, 0) is 12.5 Å². The fraction of sp³-hybridized carbons (Fsp3) is 0.333. The number of rotatable bonds is 3. The number of aromatic nitrogens is 2. The Labute approximate surface area is 144 Å². The number of phenols is 1. The topological polar surface area (TPSA) is 109 Å². The molecule has 138 valence electrons. The van der Waals surface area contributed by atoms with Crippen LogP contribution in [0.5, 0.6) is 5.75 Å². The number of benzene rings is 1. The first-order valence-electron chi connectivity index (χ1n) is 7.61. The Balaban J connectivity index is 1.89. The smallest absolute Gasteiger partial charge is 0.295 e. The molecule has 1 saturated heterocycles. The summed E-state index contributed by atoms with van der Waals surface area (Å²) >= 11 is 0. The zero-order chi connectivity index (χ0) is 19.0. The van der Waals surface area contributed by atoms with E-state index in [2.05, 4.69) is 15.5 Å². The van der Waals surface area contributed by atoms with Crippen molar-refractivity contribution in [1.29, 1.82) is 0 Å². The minimum atomic E-state index is -1.76. The lowest BCUT2D eigenvalue weighted by atomic mass is 10.1. The van der Waals surface area contributed by atoms with E-state index in [1.54, 1.807) is 0 Å². The highest BCUT2D eigenvalue weighted by molar-refractivity contribution is 5.94. The van der Waals surface area contributed by atoms with Crippen molar-refractivity contribution in [2.45, 2.75) is 19.4 Å². The first kappa shape index (κ1) is 17.7. The summed E-state index contributed by atoms with van der Waals surface area (Å²) in [5.41, 5.74) is -0.698. The molecule has 0 unspecified atom stereocenters. The third kappa shape index (κ3) is 3.07. The molecule has 0 radical (unpaired) electrons. The standard InChI is InChI=1S/C15H13F3N4O4/c1-2-6-4-22(5-9(23)19-6)15(25)13-20-14(26-21-13)7-3-8(16)11(18)12(24)10(7)17/h3,6,24H,2,4-5H2,1H3,(H,19,23)/t6-/m0/s1. The highest BCUT2D eigenvalue weighted by Crippen LogP contribution is 2.31. The molecule has 8 nitrogen and oxygen atoms in total. The Morgan fingerprint density at radius 1 is 1.42 bits per heavy atom. The number of amides is 2. The van der Waals surface area contributed by atoms with Gasteiger partial charge in [0.1, 0.15) is 6.54 Å². The average Bonchev–Trinajstić information content (AvgIpc) is 3.11. The van der Waals surface area contributed by atoms with Gasteiger partial charge in [0, 0.05) is 12.6 Å². The first-order valence-corrected chi connectivity index (χ1v) is 7.61. The van der Waals surface area contributed by atoms with Gasteiger partial charge in [0.15, 0.2) is 17.4 Å². The minimum Gasteiger partial charge on any atom is -0.503 e. The number of phenolic OH excluding ortho intramolecular Hbond substituents is 1. The van der Waals surface area contributed by atoms with E-state index in [1.807, 2.05) is 6.92 Å². The van der Waals surface area contributed by atoms with Crippen LogP contribution in [0.3, 0.4) is 0 Å². The van der Waals surface area contributed by atoms with Crippen molar-refractivity contribution in [1.82, 2.24) is 20.4 Å². The van der Waals surface area contributed by atoms with E-state index in [1.165, 1.54) is 4.90 Å². The van der Waals surface area contributed by atoms with E-state index in [0.717, 1.165) is 0 Å². The molecule has 2 heterocycles. The molecule has 2 N–H and O–H groups in total. The summed E-state index contributed by atoms with van der Waals surface area (Å²) in [6.45, 7) is 1.86. The lowest BCUT2D eigenvalue weighted by Crippen LogP contribution is -2.55. The number of piperazine rings is 1. The molecule has 1 aromatic heterocycles. The summed E-state index contributed by atoms with van der Waals surface area (Å²) in [7, 11) is 0. The second-order valence-corrected chi connectivity index (χ2v) is 5.66. The molecule has 1 aliphatic rings. The first-order chi connectivity index (χ1) is 12.3. The maximum Gasteiger partial charge on any atom is 0.295 e. The van der Waals surface area contributed by atoms with Gasteiger partial charge in [0.05, 0.1) is 5.56 Å². The molecule has 0 saturated carbocycles. The molecule has 11 heteroatoms. The van der Waals surface area contributed by atoms with E-state index in [4.69, 9.17) is 4.52 Å². The van der Waals surface area contributed by atoms with Crippen LogP contribution in [-0.2, 0) is 4.79 Å². The second-order valence-electron chi connectivity index (χ2n) is 5.66. The van der Waals surface area contributed by atoms with Crippen LogP contribution >= 0.6 is 0 Å². The predicted octanol–water partition coefficient (Wildman–Crippen LogP) is 1.21. The molecule has 1 fully saturated rings. The van der Waals surface area contributed by atoms with Crippen molar-refractivity contribution in [2.24, 2.45) is 0 Å². The van der Waals surface area contributed by atoms with Crippen LogP contribution in [0.1, 0.15) is 24.0 Å². The summed E-state index contributed by atoms with van der Waals surface area (Å²) in [5.74, 6) is -8.51. The van der Waals surface area contributed by atoms with Crippen LogP contribution in [0.25, 0.3) is 11.5 Å². The number of halogens is 3. The van der Waals surface area contributed by atoms with Crippen LogP contribution in [0, 0.1) is 17.5 Å². The lowest BCUT2D eigenvalue weighted by molar-refractivity contribution is -0.124. The average molecular weight is 370 g/mol. The monoisotopic (exact) mass is 370 g/mol. The number of nitrogens with one attached hydrogen (secondary N) is 1. The molecule has 26 heavy (non-hydrogen) atoms. The zero-order valence-electron chi connectivity index (χ0n) is 13.4. The maximum atomic E-state index is 13.9. The molecule has 1 aliphatic heterocycles. The van der Waals surface area contributed by atoms with Crippen LogP contribution in [0.4, 0.5) is 13.2 Å². The fourth-order valence-electron chi connectivity index (χ4n) is 2.52. The Bertz CT molecular complexity index is 886. The van der Waals surface area contributed by atoms with E-state index < -0.39 is 46.4 Å². The number of hydrogen-bond acceptors (Lipinski definition) is 6. The lowest BCUT2D eigenvalue weighted by Gasteiger charge is -2.31. The quantitative estimate of drug-likeness (QED) is 0.787. The van der Waals surface area contributed by atoms with Crippen LogP contribution < -0.4 is 5.32 Å². The van der Waals surface area contributed by atoms with Crippen molar-refractivity contribution in [3.63, 3.8) is 0 Å². The van der Waals surface area contributed by atoms with E-state index in [9.17, 15) is 27.9 Å². The van der Waals surface area contributed by atoms with Gasteiger partial charge in [-0.15, -0.1) is 0 Å². The Morgan fingerprint density at radius 2 is 2.15 bits per heavy atom. The Morgan fingerprint density at radius 3 is 2.85 bits per heavy atom. The van der Waals surface area contributed by atoms with Crippen LogP contribution in [-0.4, -0.2) is 51.1 Å². The largest absolute Gasteiger partial charge is 0.503 e. The summed E-state index contributed by atoms with van der Waals surface area (Å²) in [6.07, 6.45) is 0.604. The number of aromatic hydroxyl groups is 1. The van der Waals surface area contributed by atoms with Gasteiger partial charge in [0.2, 0.25) is 11.7 Å². The molecule has 2 aromatic rings. The van der Waals surface area contributed by atoms with E-state index in [-0.39, 0.29) is 25.0 Å². The Kier molecular flexibility index (Phi) is 4.53. The van der Waals surface area contributed by atoms with Gasteiger partial charge in [-0.3, -0.25) is 9.59 Å². The van der Waals surface area contributed by atoms with E-state index in [0.29, 0.717) is 12.5 Å². The summed E-state index contributed by atoms with van der Waals surface area (Å²) < 4.78 is 45.1. The van der Waals surface area contributed by atoms with Gasteiger partial charge >= 0.3 is 0 Å². The van der Waals surface area contributed by atoms with Crippen molar-refractivity contribution in [3.8, 4) is 17.2 Å². The number of carbonyl (C=O) groups excluding carboxylic acids is 2. The SMILES string of the molecule is CC[C@H]1CN(C(=O)c2noc(-c3cc(F)c(F)c(O)c3F)n2)CC(=O)N1. The van der Waals surface area contributed by atoms with Gasteiger partial charge in [-0.25, -0.2) is 8.78 Å². The zero-order valence-corrected chi connectivity index (χ0v) is 13.4. The molecular weight excluding hydrogens is 357 g/mol. The predicted molar refractivity (Wildman–Crippen MR) is 79.4 cm³/mol. The molecule has 0 spiro atoms. The van der Waals surface area contributed by atoms with Gasteiger partial charge < -0.3 is 19.8 Å². The van der Waals surface area contributed by atoms with Crippen molar-refractivity contribution < 1.29 is 32.4 Å². The van der Waals surface area contributed by atoms with Gasteiger partial charge in [-0.2, -0.15) is 9.37 Å². The van der Waals surface area contributed by atoms with Crippen molar-refractivity contribution >= 4 is 11.8 Å². The highest BCUT2D eigenvalue weighted by Gasteiger charge is 2.31. The maximum absolute atomic E-state index is 13.9.